The van der Waals surface area contributed by atoms with Crippen molar-refractivity contribution >= 4 is 11.9 Å². The fraction of sp³-hybridized carbons (Fsp3) is 0.190. The molecule has 7 nitrogen and oxygen atoms in total. The van der Waals surface area contributed by atoms with Gasteiger partial charge in [0.25, 0.3) is 5.91 Å². The van der Waals surface area contributed by atoms with Crippen molar-refractivity contribution in [2.45, 2.75) is 13.0 Å². The zero-order valence-corrected chi connectivity index (χ0v) is 15.3. The number of halogens is 1. The van der Waals surface area contributed by atoms with Crippen molar-refractivity contribution < 1.29 is 27.6 Å². The van der Waals surface area contributed by atoms with E-state index in [0.717, 1.165) is 0 Å². The third kappa shape index (κ3) is 5.11. The van der Waals surface area contributed by atoms with Crippen LogP contribution in [0.4, 0.5) is 4.39 Å². The molecule has 0 atom stereocenters. The Kier molecular flexibility index (Phi) is 6.43. The summed E-state index contributed by atoms with van der Waals surface area (Å²) in [6.45, 7) is -0.199. The number of carbonyl (C=O) groups excluding carboxylic acids is 2. The Hall–Kier alpha value is -3.86. The molecule has 0 radical (unpaired) electrons. The normalized spacial score (nSPS) is 10.3. The van der Waals surface area contributed by atoms with Gasteiger partial charge in [-0.25, -0.2) is 9.18 Å². The molecule has 2 aromatic heterocycles. The molecule has 0 aliphatic heterocycles. The van der Waals surface area contributed by atoms with Crippen LogP contribution in [0.5, 0.6) is 0 Å². The molecule has 1 amide bonds. The van der Waals surface area contributed by atoms with Crippen LogP contribution in [0, 0.1) is 17.1 Å². The van der Waals surface area contributed by atoms with Gasteiger partial charge in [0.1, 0.15) is 17.3 Å². The van der Waals surface area contributed by atoms with Crippen molar-refractivity contribution in [3.05, 3.63) is 72.1 Å². The molecule has 1 aromatic carbocycles. The summed E-state index contributed by atoms with van der Waals surface area (Å²) < 4.78 is 29.4. The first kappa shape index (κ1) is 19.9. The number of benzene rings is 1. The highest BCUT2D eigenvalue weighted by atomic mass is 19.1. The maximum atomic E-state index is 13.8. The monoisotopic (exact) mass is 396 g/mol. The van der Waals surface area contributed by atoms with E-state index in [0.29, 0.717) is 5.76 Å². The molecule has 2 heterocycles. The van der Waals surface area contributed by atoms with Gasteiger partial charge in [0, 0.05) is 6.54 Å². The molecule has 0 unspecified atom stereocenters. The molecule has 0 spiro atoms. The van der Waals surface area contributed by atoms with Crippen LogP contribution in [0.25, 0.3) is 11.3 Å². The number of carbonyl (C=O) groups is 2. The topological polar surface area (TPSA) is 96.7 Å². The van der Waals surface area contributed by atoms with E-state index >= 15 is 0 Å². The Morgan fingerprint density at radius 1 is 1.14 bits per heavy atom. The van der Waals surface area contributed by atoms with E-state index in [1.54, 1.807) is 24.3 Å². The summed E-state index contributed by atoms with van der Waals surface area (Å²) in [7, 11) is 0. The quantitative estimate of drug-likeness (QED) is 0.538. The number of nitriles is 1. The van der Waals surface area contributed by atoms with Gasteiger partial charge in [-0.1, -0.05) is 12.1 Å². The molecule has 0 bridgehead atoms. The van der Waals surface area contributed by atoms with Gasteiger partial charge in [0.2, 0.25) is 5.76 Å². The Morgan fingerprint density at radius 2 is 1.97 bits per heavy atom. The highest BCUT2D eigenvalue weighted by Gasteiger charge is 2.20. The van der Waals surface area contributed by atoms with Crippen LogP contribution < -0.4 is 0 Å². The first-order valence-electron chi connectivity index (χ1n) is 8.77. The highest BCUT2D eigenvalue weighted by molar-refractivity contribution is 5.89. The van der Waals surface area contributed by atoms with E-state index < -0.39 is 24.3 Å². The average Bonchev–Trinajstić information content (AvgIpc) is 3.41. The molecule has 8 heteroatoms. The fourth-order valence-corrected chi connectivity index (χ4v) is 2.61. The Balaban J connectivity index is 1.61. The average molecular weight is 396 g/mol. The summed E-state index contributed by atoms with van der Waals surface area (Å²) in [5.74, 6) is -1.24. The Bertz CT molecular complexity index is 1020. The number of nitrogens with zero attached hydrogens (tertiary/aromatic N) is 2. The zero-order valence-electron chi connectivity index (χ0n) is 15.3. The van der Waals surface area contributed by atoms with Crippen LogP contribution in [0.15, 0.2) is 63.6 Å². The van der Waals surface area contributed by atoms with E-state index in [-0.39, 0.29) is 36.6 Å². The van der Waals surface area contributed by atoms with Crippen molar-refractivity contribution in [3.8, 4) is 17.4 Å². The summed E-state index contributed by atoms with van der Waals surface area (Å²) in [4.78, 5) is 25.9. The molecular weight excluding hydrogens is 379 g/mol. The SMILES string of the molecule is N#CCCN(Cc1ccco1)C(=O)COC(=O)c1ccc(-c2ccccc2F)o1. The number of esters is 1. The highest BCUT2D eigenvalue weighted by Crippen LogP contribution is 2.25. The number of rotatable bonds is 8. The van der Waals surface area contributed by atoms with E-state index in [2.05, 4.69) is 0 Å². The summed E-state index contributed by atoms with van der Waals surface area (Å²) in [6, 6.07) is 14.2. The molecule has 3 rings (SSSR count). The van der Waals surface area contributed by atoms with Gasteiger partial charge >= 0.3 is 5.97 Å². The standard InChI is InChI=1S/C21H17FN2O5/c22-17-7-2-1-6-16(17)18-8-9-19(29-18)21(26)28-14-20(25)24(11-4-10-23)13-15-5-3-12-27-15/h1-3,5-9,12H,4,11,13-14H2. The number of ether oxygens (including phenoxy) is 1. The lowest BCUT2D eigenvalue weighted by Gasteiger charge is -2.20. The number of hydrogen-bond donors (Lipinski definition) is 0. The maximum absolute atomic E-state index is 13.8. The van der Waals surface area contributed by atoms with Crippen LogP contribution in [0.2, 0.25) is 0 Å². The van der Waals surface area contributed by atoms with Gasteiger partial charge in [-0.2, -0.15) is 5.26 Å². The van der Waals surface area contributed by atoms with Crippen molar-refractivity contribution in [1.29, 1.82) is 5.26 Å². The summed E-state index contributed by atoms with van der Waals surface area (Å²) in [5.41, 5.74) is 0.212. The van der Waals surface area contributed by atoms with Crippen LogP contribution in [-0.2, 0) is 16.1 Å². The molecule has 0 aliphatic rings. The van der Waals surface area contributed by atoms with Gasteiger partial charge in [-0.3, -0.25) is 4.79 Å². The van der Waals surface area contributed by atoms with Gasteiger partial charge in [0.15, 0.2) is 6.61 Å². The molecule has 29 heavy (non-hydrogen) atoms. The van der Waals surface area contributed by atoms with Crippen molar-refractivity contribution in [3.63, 3.8) is 0 Å². The van der Waals surface area contributed by atoms with Crippen LogP contribution in [0.1, 0.15) is 22.7 Å². The fourth-order valence-electron chi connectivity index (χ4n) is 2.61. The number of furan rings is 2. The minimum Gasteiger partial charge on any atom is -0.467 e. The van der Waals surface area contributed by atoms with Gasteiger partial charge in [0.05, 0.1) is 30.9 Å². The first-order valence-corrected chi connectivity index (χ1v) is 8.77. The lowest BCUT2D eigenvalue weighted by atomic mass is 10.1. The summed E-state index contributed by atoms with van der Waals surface area (Å²) >= 11 is 0. The van der Waals surface area contributed by atoms with Gasteiger partial charge < -0.3 is 18.5 Å². The van der Waals surface area contributed by atoms with E-state index in [4.69, 9.17) is 18.8 Å². The van der Waals surface area contributed by atoms with Crippen LogP contribution in [-0.4, -0.2) is 29.9 Å². The van der Waals surface area contributed by atoms with Gasteiger partial charge in [-0.05, 0) is 36.4 Å². The predicted molar refractivity (Wildman–Crippen MR) is 98.7 cm³/mol. The molecule has 3 aromatic rings. The number of amides is 1. The lowest BCUT2D eigenvalue weighted by molar-refractivity contribution is -0.135. The van der Waals surface area contributed by atoms with Crippen molar-refractivity contribution in [1.82, 2.24) is 4.90 Å². The largest absolute Gasteiger partial charge is 0.467 e. The molecule has 148 valence electrons. The first-order chi connectivity index (χ1) is 14.1. The Morgan fingerprint density at radius 3 is 2.69 bits per heavy atom. The number of hydrogen-bond acceptors (Lipinski definition) is 6. The molecule has 0 N–H and O–H groups in total. The zero-order chi connectivity index (χ0) is 20.6. The van der Waals surface area contributed by atoms with Crippen LogP contribution >= 0.6 is 0 Å². The second-order valence-corrected chi connectivity index (χ2v) is 6.02. The smallest absolute Gasteiger partial charge is 0.374 e. The second kappa shape index (κ2) is 9.37. The predicted octanol–water partition coefficient (Wildman–Crippen LogP) is 3.78. The van der Waals surface area contributed by atoms with Crippen molar-refractivity contribution in [2.24, 2.45) is 0 Å². The molecule has 0 saturated carbocycles. The molecule has 0 saturated heterocycles. The van der Waals surface area contributed by atoms with E-state index in [1.165, 1.54) is 35.4 Å². The Labute approximate surface area is 165 Å². The van der Waals surface area contributed by atoms with E-state index in [9.17, 15) is 14.0 Å². The molecule has 0 fully saturated rings. The van der Waals surface area contributed by atoms with Gasteiger partial charge in [-0.15, -0.1) is 0 Å². The minimum atomic E-state index is -0.848. The molecular formula is C21H17FN2O5. The lowest BCUT2D eigenvalue weighted by Crippen LogP contribution is -2.34. The second-order valence-electron chi connectivity index (χ2n) is 6.02. The molecule has 0 aliphatic carbocycles. The van der Waals surface area contributed by atoms with Crippen LogP contribution in [0.3, 0.4) is 0 Å². The van der Waals surface area contributed by atoms with Crippen molar-refractivity contribution in [2.75, 3.05) is 13.2 Å². The third-order valence-corrected chi connectivity index (χ3v) is 4.05. The summed E-state index contributed by atoms with van der Waals surface area (Å²) in [5, 5.41) is 8.77. The summed E-state index contributed by atoms with van der Waals surface area (Å²) in [6.07, 6.45) is 1.61. The maximum Gasteiger partial charge on any atom is 0.374 e. The van der Waals surface area contributed by atoms with E-state index in [1.807, 2.05) is 6.07 Å². The third-order valence-electron chi connectivity index (χ3n) is 4.05. The minimum absolute atomic E-state index is 0.130.